The summed E-state index contributed by atoms with van der Waals surface area (Å²) in [5.74, 6) is 1.54. The molecule has 2 atom stereocenters. The van der Waals surface area contributed by atoms with E-state index in [0.29, 0.717) is 11.0 Å². The molecule has 4 aromatic rings. The first-order chi connectivity index (χ1) is 15.2. The van der Waals surface area contributed by atoms with E-state index in [-0.39, 0.29) is 12.1 Å². The third-order valence-electron chi connectivity index (χ3n) is 5.68. The Hall–Kier alpha value is -3.09. The standard InChI is InChI=1S/C24H16BrClN4O/c25-16-9-5-15(6-10-16)23-20-21(18-3-1-2-4-19(18)31-23)29-24-27-13-28-30(24)22(20)14-7-11-17(26)12-8-14/h1-13,22-23H,(H,27,28,29)/t22-,23+/m1/s1. The van der Waals surface area contributed by atoms with Crippen molar-refractivity contribution in [2.75, 3.05) is 5.32 Å². The third kappa shape index (κ3) is 3.06. The fourth-order valence-electron chi connectivity index (χ4n) is 4.30. The zero-order valence-electron chi connectivity index (χ0n) is 16.2. The number of anilines is 1. The van der Waals surface area contributed by atoms with E-state index < -0.39 is 0 Å². The van der Waals surface area contributed by atoms with Gasteiger partial charge in [0.05, 0.1) is 5.70 Å². The number of nitrogens with zero attached hydrogens (tertiary/aromatic N) is 3. The predicted molar refractivity (Wildman–Crippen MR) is 124 cm³/mol. The normalized spacial score (nSPS) is 19.0. The Bertz CT molecular complexity index is 1310. The average Bonchev–Trinajstić information content (AvgIpc) is 3.27. The van der Waals surface area contributed by atoms with Crippen LogP contribution in [0.15, 0.2) is 89.2 Å². The first-order valence-corrected chi connectivity index (χ1v) is 11.0. The van der Waals surface area contributed by atoms with Crippen molar-refractivity contribution in [3.05, 3.63) is 111 Å². The Labute approximate surface area is 192 Å². The van der Waals surface area contributed by atoms with Crippen molar-refractivity contribution in [1.29, 1.82) is 0 Å². The zero-order chi connectivity index (χ0) is 20.9. The molecule has 0 amide bonds. The maximum Gasteiger partial charge on any atom is 0.226 e. The van der Waals surface area contributed by atoms with Crippen LogP contribution < -0.4 is 10.1 Å². The monoisotopic (exact) mass is 490 g/mol. The Balaban J connectivity index is 1.62. The lowest BCUT2D eigenvalue weighted by atomic mass is 9.84. The van der Waals surface area contributed by atoms with Crippen LogP contribution in [0.25, 0.3) is 5.70 Å². The number of ether oxygens (including phenoxy) is 1. The average molecular weight is 492 g/mol. The van der Waals surface area contributed by atoms with Gasteiger partial charge in [0.2, 0.25) is 5.95 Å². The summed E-state index contributed by atoms with van der Waals surface area (Å²) in [5.41, 5.74) is 5.24. The van der Waals surface area contributed by atoms with Gasteiger partial charge in [0.25, 0.3) is 0 Å². The van der Waals surface area contributed by atoms with Crippen LogP contribution in [0.5, 0.6) is 5.75 Å². The summed E-state index contributed by atoms with van der Waals surface area (Å²) in [6.07, 6.45) is 1.29. The molecule has 3 aromatic carbocycles. The molecule has 1 N–H and O–H groups in total. The maximum absolute atomic E-state index is 6.59. The van der Waals surface area contributed by atoms with Crippen LogP contribution in [0.2, 0.25) is 5.02 Å². The van der Waals surface area contributed by atoms with E-state index in [1.165, 1.54) is 0 Å². The summed E-state index contributed by atoms with van der Waals surface area (Å²) in [5, 5.41) is 8.74. The summed E-state index contributed by atoms with van der Waals surface area (Å²) >= 11 is 9.72. The minimum Gasteiger partial charge on any atom is -0.480 e. The van der Waals surface area contributed by atoms with Gasteiger partial charge < -0.3 is 10.1 Å². The molecule has 1 aromatic heterocycles. The number of hydrogen-bond donors (Lipinski definition) is 1. The zero-order valence-corrected chi connectivity index (χ0v) is 18.5. The second-order valence-corrected chi connectivity index (χ2v) is 8.84. The van der Waals surface area contributed by atoms with Gasteiger partial charge in [-0.3, -0.25) is 0 Å². The molecule has 6 rings (SSSR count). The van der Waals surface area contributed by atoms with Crippen LogP contribution in [0.3, 0.4) is 0 Å². The summed E-state index contributed by atoms with van der Waals surface area (Å²) in [6, 6.07) is 24.0. The number of benzene rings is 3. The summed E-state index contributed by atoms with van der Waals surface area (Å²) in [4.78, 5) is 4.46. The first-order valence-electron chi connectivity index (χ1n) is 9.86. The molecule has 0 spiro atoms. The van der Waals surface area contributed by atoms with Crippen LogP contribution in [0, 0.1) is 0 Å². The smallest absolute Gasteiger partial charge is 0.226 e. The fraction of sp³-hybridized carbons (Fsp3) is 0.0833. The lowest BCUT2D eigenvalue weighted by Crippen LogP contribution is -2.32. The summed E-state index contributed by atoms with van der Waals surface area (Å²) in [7, 11) is 0. The highest BCUT2D eigenvalue weighted by Crippen LogP contribution is 2.50. The molecule has 0 unspecified atom stereocenters. The van der Waals surface area contributed by atoms with Gasteiger partial charge in [0, 0.05) is 20.6 Å². The highest BCUT2D eigenvalue weighted by Gasteiger charge is 2.40. The largest absolute Gasteiger partial charge is 0.480 e. The lowest BCUT2D eigenvalue weighted by molar-refractivity contribution is 0.223. The fourth-order valence-corrected chi connectivity index (χ4v) is 4.69. The number of fused-ring (bicyclic) bond motifs is 3. The lowest BCUT2D eigenvalue weighted by Gasteiger charge is -2.39. The number of aromatic nitrogens is 3. The van der Waals surface area contributed by atoms with E-state index in [2.05, 4.69) is 49.5 Å². The molecule has 0 saturated carbocycles. The van der Waals surface area contributed by atoms with Gasteiger partial charge in [0.15, 0.2) is 0 Å². The molecule has 152 valence electrons. The van der Waals surface area contributed by atoms with E-state index in [9.17, 15) is 0 Å². The van der Waals surface area contributed by atoms with Crippen LogP contribution >= 0.6 is 27.5 Å². The van der Waals surface area contributed by atoms with Crippen molar-refractivity contribution >= 4 is 39.2 Å². The molecule has 31 heavy (non-hydrogen) atoms. The van der Waals surface area contributed by atoms with Crippen LogP contribution in [-0.2, 0) is 0 Å². The van der Waals surface area contributed by atoms with Crippen molar-refractivity contribution in [3.63, 3.8) is 0 Å². The minimum absolute atomic E-state index is 0.187. The molecule has 0 aliphatic carbocycles. The minimum atomic E-state index is -0.288. The number of nitrogens with one attached hydrogen (secondary N) is 1. The Morgan fingerprint density at radius 2 is 1.68 bits per heavy atom. The molecule has 0 saturated heterocycles. The maximum atomic E-state index is 6.59. The molecule has 5 nitrogen and oxygen atoms in total. The summed E-state index contributed by atoms with van der Waals surface area (Å²) in [6.45, 7) is 0. The molecule has 0 radical (unpaired) electrons. The van der Waals surface area contributed by atoms with Gasteiger partial charge in [-0.1, -0.05) is 63.9 Å². The van der Waals surface area contributed by atoms with Gasteiger partial charge in [-0.2, -0.15) is 10.1 Å². The molecule has 2 aliphatic heterocycles. The van der Waals surface area contributed by atoms with E-state index in [0.717, 1.165) is 38.2 Å². The Kier molecular flexibility index (Phi) is 4.37. The topological polar surface area (TPSA) is 52.0 Å². The van der Waals surface area contributed by atoms with Gasteiger partial charge in [-0.15, -0.1) is 0 Å². The number of para-hydroxylation sites is 1. The van der Waals surface area contributed by atoms with E-state index in [1.807, 2.05) is 59.3 Å². The highest BCUT2D eigenvalue weighted by molar-refractivity contribution is 9.10. The van der Waals surface area contributed by atoms with Crippen molar-refractivity contribution in [3.8, 4) is 5.75 Å². The third-order valence-corrected chi connectivity index (χ3v) is 6.46. The Morgan fingerprint density at radius 1 is 0.935 bits per heavy atom. The van der Waals surface area contributed by atoms with E-state index >= 15 is 0 Å². The SMILES string of the molecule is Clc1ccc([C@@H]2C3=C(Nc4ncnn42)c2ccccc2O[C@H]3c2ccc(Br)cc2)cc1. The van der Waals surface area contributed by atoms with Crippen molar-refractivity contribution in [1.82, 2.24) is 14.8 Å². The number of halogens is 2. The first kappa shape index (κ1) is 18.7. The highest BCUT2D eigenvalue weighted by atomic mass is 79.9. The molecular formula is C24H16BrClN4O. The van der Waals surface area contributed by atoms with Crippen LogP contribution in [0.4, 0.5) is 5.95 Å². The molecule has 0 fully saturated rings. The molecule has 3 heterocycles. The molecular weight excluding hydrogens is 476 g/mol. The van der Waals surface area contributed by atoms with Gasteiger partial charge in [-0.05, 0) is 47.5 Å². The van der Waals surface area contributed by atoms with Gasteiger partial charge in [-0.25, -0.2) is 4.68 Å². The van der Waals surface area contributed by atoms with E-state index in [4.69, 9.17) is 16.3 Å². The van der Waals surface area contributed by atoms with Gasteiger partial charge >= 0.3 is 0 Å². The predicted octanol–water partition coefficient (Wildman–Crippen LogP) is 6.25. The van der Waals surface area contributed by atoms with E-state index in [1.54, 1.807) is 6.33 Å². The number of hydrogen-bond acceptors (Lipinski definition) is 4. The Morgan fingerprint density at radius 3 is 2.48 bits per heavy atom. The second kappa shape index (κ2) is 7.25. The molecule has 0 bridgehead atoms. The second-order valence-electron chi connectivity index (χ2n) is 7.48. The van der Waals surface area contributed by atoms with Crippen molar-refractivity contribution in [2.24, 2.45) is 0 Å². The quantitative estimate of drug-likeness (QED) is 0.360. The summed E-state index contributed by atoms with van der Waals surface area (Å²) < 4.78 is 9.53. The van der Waals surface area contributed by atoms with Crippen LogP contribution in [0.1, 0.15) is 28.8 Å². The number of rotatable bonds is 2. The molecule has 7 heteroatoms. The van der Waals surface area contributed by atoms with Gasteiger partial charge in [0.1, 0.15) is 24.2 Å². The molecule has 2 aliphatic rings. The van der Waals surface area contributed by atoms with Crippen molar-refractivity contribution < 1.29 is 4.74 Å². The van der Waals surface area contributed by atoms with Crippen LogP contribution in [-0.4, -0.2) is 14.8 Å². The van der Waals surface area contributed by atoms with Crippen molar-refractivity contribution in [2.45, 2.75) is 12.1 Å².